The molecule has 0 aliphatic heterocycles. The number of halogens is 2. The van der Waals surface area contributed by atoms with Gasteiger partial charge in [-0.25, -0.2) is 14.2 Å². The van der Waals surface area contributed by atoms with Gasteiger partial charge in [-0.2, -0.15) is 0 Å². The first-order valence-corrected chi connectivity index (χ1v) is 10.1. The molecule has 144 valence electrons. The van der Waals surface area contributed by atoms with Crippen molar-refractivity contribution in [1.29, 1.82) is 0 Å². The Morgan fingerprint density at radius 3 is 2.82 bits per heavy atom. The third kappa shape index (κ3) is 4.19. The molecule has 4 rings (SSSR count). The van der Waals surface area contributed by atoms with Gasteiger partial charge in [0.15, 0.2) is 0 Å². The molecule has 0 atom stereocenters. The SMILES string of the molecule is Cc1cc(I)ccc1Nc1cc(F)c(-n2ccnc2)cc1C(=O)OCC1CC1. The summed E-state index contributed by atoms with van der Waals surface area (Å²) in [5.41, 5.74) is 2.74. The number of nitrogens with one attached hydrogen (secondary N) is 1. The van der Waals surface area contributed by atoms with Crippen LogP contribution in [0.2, 0.25) is 0 Å². The van der Waals surface area contributed by atoms with Crippen molar-refractivity contribution < 1.29 is 13.9 Å². The van der Waals surface area contributed by atoms with Gasteiger partial charge in [-0.15, -0.1) is 0 Å². The molecule has 7 heteroatoms. The van der Waals surface area contributed by atoms with Crippen LogP contribution >= 0.6 is 22.6 Å². The van der Waals surface area contributed by atoms with Crippen LogP contribution in [0.4, 0.5) is 15.8 Å². The Morgan fingerprint density at radius 2 is 2.14 bits per heavy atom. The van der Waals surface area contributed by atoms with Crippen LogP contribution in [0.25, 0.3) is 5.69 Å². The zero-order valence-corrected chi connectivity index (χ0v) is 17.4. The Balaban J connectivity index is 1.72. The summed E-state index contributed by atoms with van der Waals surface area (Å²) in [5.74, 6) is -0.464. The van der Waals surface area contributed by atoms with Gasteiger partial charge >= 0.3 is 5.97 Å². The number of hydrogen-bond acceptors (Lipinski definition) is 4. The van der Waals surface area contributed by atoms with E-state index in [1.807, 2.05) is 25.1 Å². The fraction of sp³-hybridized carbons (Fsp3) is 0.238. The summed E-state index contributed by atoms with van der Waals surface area (Å²) in [6.45, 7) is 2.37. The quantitative estimate of drug-likeness (QED) is 0.379. The van der Waals surface area contributed by atoms with E-state index in [1.54, 1.807) is 12.4 Å². The fourth-order valence-electron chi connectivity index (χ4n) is 2.90. The Bertz CT molecular complexity index is 1020. The van der Waals surface area contributed by atoms with Crippen LogP contribution < -0.4 is 5.32 Å². The first-order chi connectivity index (χ1) is 13.5. The number of benzene rings is 2. The Morgan fingerprint density at radius 1 is 1.32 bits per heavy atom. The second kappa shape index (κ2) is 7.90. The smallest absolute Gasteiger partial charge is 0.340 e. The lowest BCUT2D eigenvalue weighted by molar-refractivity contribution is 0.0487. The molecule has 1 saturated carbocycles. The molecule has 1 N–H and O–H groups in total. The molecule has 0 unspecified atom stereocenters. The zero-order chi connectivity index (χ0) is 19.7. The number of aryl methyl sites for hydroxylation is 1. The van der Waals surface area contributed by atoms with E-state index in [4.69, 9.17) is 4.74 Å². The number of imidazole rings is 1. The van der Waals surface area contributed by atoms with E-state index in [0.717, 1.165) is 27.7 Å². The maximum Gasteiger partial charge on any atom is 0.340 e. The highest BCUT2D eigenvalue weighted by atomic mass is 127. The number of rotatable bonds is 6. The normalized spacial score (nSPS) is 13.4. The molecule has 0 spiro atoms. The van der Waals surface area contributed by atoms with Gasteiger partial charge < -0.3 is 14.6 Å². The van der Waals surface area contributed by atoms with Crippen LogP contribution in [0.3, 0.4) is 0 Å². The van der Waals surface area contributed by atoms with Crippen LogP contribution in [0.15, 0.2) is 49.1 Å². The molecule has 1 aromatic heterocycles. The summed E-state index contributed by atoms with van der Waals surface area (Å²) in [7, 11) is 0. The molecule has 0 radical (unpaired) electrons. The van der Waals surface area contributed by atoms with Crippen molar-refractivity contribution in [2.24, 2.45) is 5.92 Å². The molecule has 1 fully saturated rings. The van der Waals surface area contributed by atoms with E-state index < -0.39 is 11.8 Å². The van der Waals surface area contributed by atoms with Crippen molar-refractivity contribution in [3.63, 3.8) is 0 Å². The minimum atomic E-state index is -0.459. The van der Waals surface area contributed by atoms with Crippen molar-refractivity contribution in [2.75, 3.05) is 11.9 Å². The van der Waals surface area contributed by atoms with Gasteiger partial charge in [-0.05, 0) is 78.1 Å². The number of ether oxygens (including phenoxy) is 1. The summed E-state index contributed by atoms with van der Waals surface area (Å²) in [6, 6.07) is 8.73. The summed E-state index contributed by atoms with van der Waals surface area (Å²) < 4.78 is 22.9. The summed E-state index contributed by atoms with van der Waals surface area (Å²) >= 11 is 2.24. The average Bonchev–Trinajstić information content (AvgIpc) is 3.34. The van der Waals surface area contributed by atoms with Crippen LogP contribution in [0.5, 0.6) is 0 Å². The Labute approximate surface area is 176 Å². The van der Waals surface area contributed by atoms with Gasteiger partial charge in [-0.1, -0.05) is 0 Å². The van der Waals surface area contributed by atoms with E-state index in [-0.39, 0.29) is 5.69 Å². The number of nitrogens with zero attached hydrogens (tertiary/aromatic N) is 2. The number of esters is 1. The lowest BCUT2D eigenvalue weighted by atomic mass is 10.1. The van der Waals surface area contributed by atoms with Gasteiger partial charge in [0.25, 0.3) is 0 Å². The van der Waals surface area contributed by atoms with Crippen molar-refractivity contribution in [3.8, 4) is 5.69 Å². The van der Waals surface area contributed by atoms with Gasteiger partial charge in [0.2, 0.25) is 0 Å². The second-order valence-electron chi connectivity index (χ2n) is 6.95. The summed E-state index contributed by atoms with van der Waals surface area (Å²) in [4.78, 5) is 16.7. The number of carbonyl (C=O) groups is 1. The zero-order valence-electron chi connectivity index (χ0n) is 15.3. The van der Waals surface area contributed by atoms with Crippen molar-refractivity contribution in [1.82, 2.24) is 9.55 Å². The van der Waals surface area contributed by atoms with E-state index in [9.17, 15) is 9.18 Å². The van der Waals surface area contributed by atoms with Gasteiger partial charge in [0, 0.05) is 27.7 Å². The second-order valence-corrected chi connectivity index (χ2v) is 8.19. The highest BCUT2D eigenvalue weighted by Gasteiger charge is 2.25. The molecule has 0 saturated heterocycles. The summed E-state index contributed by atoms with van der Waals surface area (Å²) in [5, 5.41) is 3.20. The predicted molar refractivity (Wildman–Crippen MR) is 114 cm³/mol. The topological polar surface area (TPSA) is 56.2 Å². The standard InChI is InChI=1S/C21H19FIN3O2/c1-13-8-15(23)4-5-18(13)25-19-10-17(22)20(26-7-6-24-12-26)9-16(19)21(27)28-11-14-2-3-14/h4-10,12,14,25H,2-3,11H2,1H3. The van der Waals surface area contributed by atoms with Crippen molar-refractivity contribution >= 4 is 39.9 Å². The Kier molecular flexibility index (Phi) is 5.34. The largest absolute Gasteiger partial charge is 0.462 e. The third-order valence-electron chi connectivity index (χ3n) is 4.69. The average molecular weight is 491 g/mol. The van der Waals surface area contributed by atoms with E-state index in [2.05, 4.69) is 32.9 Å². The number of anilines is 2. The lowest BCUT2D eigenvalue weighted by Crippen LogP contribution is -2.12. The number of hydrogen-bond donors (Lipinski definition) is 1. The van der Waals surface area contributed by atoms with Gasteiger partial charge in [0.1, 0.15) is 5.82 Å². The molecule has 0 bridgehead atoms. The van der Waals surface area contributed by atoms with Crippen LogP contribution in [-0.2, 0) is 4.74 Å². The van der Waals surface area contributed by atoms with E-state index in [0.29, 0.717) is 23.8 Å². The predicted octanol–water partition coefficient (Wildman–Crippen LogP) is 5.23. The molecule has 1 heterocycles. The first-order valence-electron chi connectivity index (χ1n) is 9.03. The summed E-state index contributed by atoms with van der Waals surface area (Å²) in [6.07, 6.45) is 6.86. The maximum atomic E-state index is 14.8. The fourth-order valence-corrected chi connectivity index (χ4v) is 3.55. The molecule has 0 amide bonds. The van der Waals surface area contributed by atoms with E-state index in [1.165, 1.54) is 23.0 Å². The van der Waals surface area contributed by atoms with Crippen LogP contribution in [0, 0.1) is 22.2 Å². The molecule has 1 aliphatic carbocycles. The van der Waals surface area contributed by atoms with Crippen LogP contribution in [0.1, 0.15) is 28.8 Å². The van der Waals surface area contributed by atoms with Gasteiger partial charge in [-0.3, -0.25) is 0 Å². The Hall–Kier alpha value is -2.42. The van der Waals surface area contributed by atoms with Crippen molar-refractivity contribution in [3.05, 3.63) is 69.6 Å². The molecule has 5 nitrogen and oxygen atoms in total. The number of aromatic nitrogens is 2. The monoisotopic (exact) mass is 491 g/mol. The van der Waals surface area contributed by atoms with Crippen LogP contribution in [-0.4, -0.2) is 22.1 Å². The molecule has 28 heavy (non-hydrogen) atoms. The molecular weight excluding hydrogens is 472 g/mol. The third-order valence-corrected chi connectivity index (χ3v) is 5.37. The molecule has 1 aliphatic rings. The maximum absolute atomic E-state index is 14.8. The first kappa shape index (κ1) is 18.9. The highest BCUT2D eigenvalue weighted by Crippen LogP contribution is 2.31. The lowest BCUT2D eigenvalue weighted by Gasteiger charge is -2.16. The van der Waals surface area contributed by atoms with Crippen molar-refractivity contribution in [2.45, 2.75) is 19.8 Å². The van der Waals surface area contributed by atoms with Gasteiger partial charge in [0.05, 0.1) is 29.9 Å². The minimum absolute atomic E-state index is 0.251. The highest BCUT2D eigenvalue weighted by molar-refractivity contribution is 14.1. The van der Waals surface area contributed by atoms with E-state index >= 15 is 0 Å². The molecular formula is C21H19FIN3O2. The number of carbonyl (C=O) groups excluding carboxylic acids is 1. The minimum Gasteiger partial charge on any atom is -0.462 e. The molecule has 2 aromatic carbocycles. The molecule has 3 aromatic rings.